The zero-order valence-corrected chi connectivity index (χ0v) is 14.9. The van der Waals surface area contributed by atoms with E-state index in [-0.39, 0.29) is 16.3 Å². The van der Waals surface area contributed by atoms with Crippen LogP contribution in [0.2, 0.25) is 5.02 Å². The number of carbonyl (C=O) groups is 1. The molecule has 0 saturated heterocycles. The number of fused-ring (bicyclic) bond motifs is 2. The Morgan fingerprint density at radius 3 is 2.39 bits per heavy atom. The van der Waals surface area contributed by atoms with Gasteiger partial charge in [0.1, 0.15) is 5.75 Å². The Kier molecular flexibility index (Phi) is 4.31. The highest BCUT2D eigenvalue weighted by Gasteiger charge is 2.48. The van der Waals surface area contributed by atoms with E-state index in [9.17, 15) is 23.1 Å². The number of carboxylic acid groups (broad SMARTS) is 1. The summed E-state index contributed by atoms with van der Waals surface area (Å²) < 4.78 is 44.5. The average Bonchev–Trinajstić information content (AvgIpc) is 2.65. The molecule has 1 unspecified atom stereocenters. The fraction of sp³-hybridized carbons (Fsp3) is 0.0952. The molecule has 3 nitrogen and oxygen atoms in total. The van der Waals surface area contributed by atoms with Crippen LogP contribution in [0.1, 0.15) is 5.56 Å². The predicted octanol–water partition coefficient (Wildman–Crippen LogP) is 5.95. The molecule has 7 heteroatoms. The summed E-state index contributed by atoms with van der Waals surface area (Å²) in [6.07, 6.45) is -6.47. The SMILES string of the molecule is O=C(O)C1=Cc2cc(-c3ccc4ccccc4c3)cc(Cl)c2OC1C(F)(F)F. The molecule has 1 N–H and O–H groups in total. The first-order valence-corrected chi connectivity index (χ1v) is 8.63. The number of carboxylic acids is 1. The molecule has 3 aromatic rings. The monoisotopic (exact) mass is 404 g/mol. The van der Waals surface area contributed by atoms with Gasteiger partial charge in [0.2, 0.25) is 6.10 Å². The van der Waals surface area contributed by atoms with Gasteiger partial charge in [-0.05, 0) is 46.2 Å². The molecule has 1 aliphatic heterocycles. The Morgan fingerprint density at radius 2 is 1.71 bits per heavy atom. The molecule has 0 saturated carbocycles. The first-order valence-electron chi connectivity index (χ1n) is 8.25. The second-order valence-corrected chi connectivity index (χ2v) is 6.79. The first kappa shape index (κ1) is 18.4. The second-order valence-electron chi connectivity index (χ2n) is 6.38. The van der Waals surface area contributed by atoms with Crippen molar-refractivity contribution in [3.05, 3.63) is 70.8 Å². The minimum absolute atomic E-state index is 0.0180. The van der Waals surface area contributed by atoms with Gasteiger partial charge in [-0.3, -0.25) is 0 Å². The minimum atomic E-state index is -4.87. The third-order valence-electron chi connectivity index (χ3n) is 4.53. The molecular formula is C21H12ClF3O3. The van der Waals surface area contributed by atoms with Crippen LogP contribution in [0.4, 0.5) is 13.2 Å². The standard InChI is InChI=1S/C21H12ClF3O3/c22-17-10-14(13-6-5-11-3-1-2-4-12(11)7-13)8-15-9-16(20(26)27)19(21(23,24)25)28-18(15)17/h1-10,19H,(H,26,27). The van der Waals surface area contributed by atoms with Gasteiger partial charge < -0.3 is 9.84 Å². The molecule has 0 radical (unpaired) electrons. The summed E-state index contributed by atoms with van der Waals surface area (Å²) in [4.78, 5) is 11.3. The summed E-state index contributed by atoms with van der Waals surface area (Å²) in [5.41, 5.74) is 0.747. The van der Waals surface area contributed by atoms with E-state index in [1.807, 2.05) is 42.5 Å². The van der Waals surface area contributed by atoms with Gasteiger partial charge in [-0.15, -0.1) is 0 Å². The van der Waals surface area contributed by atoms with Gasteiger partial charge in [0.05, 0.1) is 10.6 Å². The molecular weight excluding hydrogens is 393 g/mol. The minimum Gasteiger partial charge on any atom is -0.478 e. The number of hydrogen-bond acceptors (Lipinski definition) is 2. The maximum Gasteiger partial charge on any atom is 0.430 e. The van der Waals surface area contributed by atoms with Crippen molar-refractivity contribution in [2.75, 3.05) is 0 Å². The fourth-order valence-electron chi connectivity index (χ4n) is 3.22. The van der Waals surface area contributed by atoms with E-state index in [1.54, 1.807) is 6.07 Å². The lowest BCUT2D eigenvalue weighted by atomic mass is 9.96. The zero-order chi connectivity index (χ0) is 20.1. The topological polar surface area (TPSA) is 46.5 Å². The fourth-order valence-corrected chi connectivity index (χ4v) is 3.49. The lowest BCUT2D eigenvalue weighted by Crippen LogP contribution is -2.40. The Balaban J connectivity index is 1.85. The summed E-state index contributed by atoms with van der Waals surface area (Å²) in [6.45, 7) is 0. The van der Waals surface area contributed by atoms with E-state index in [4.69, 9.17) is 16.3 Å². The van der Waals surface area contributed by atoms with E-state index in [2.05, 4.69) is 0 Å². The number of ether oxygens (including phenoxy) is 1. The Bertz CT molecular complexity index is 1140. The molecule has 0 fully saturated rings. The van der Waals surface area contributed by atoms with Gasteiger partial charge in [0.15, 0.2) is 0 Å². The van der Waals surface area contributed by atoms with Gasteiger partial charge >= 0.3 is 12.1 Å². The molecule has 4 rings (SSSR count). The number of rotatable bonds is 2. The van der Waals surface area contributed by atoms with Crippen molar-refractivity contribution in [1.82, 2.24) is 0 Å². The van der Waals surface area contributed by atoms with Crippen molar-refractivity contribution in [3.63, 3.8) is 0 Å². The van der Waals surface area contributed by atoms with Gasteiger partial charge in [-0.25, -0.2) is 4.79 Å². The van der Waals surface area contributed by atoms with Crippen molar-refractivity contribution in [2.24, 2.45) is 0 Å². The second kappa shape index (κ2) is 6.56. The normalized spacial score (nSPS) is 16.3. The van der Waals surface area contributed by atoms with Gasteiger partial charge in [-0.1, -0.05) is 48.0 Å². The van der Waals surface area contributed by atoms with Crippen LogP contribution in [-0.2, 0) is 4.79 Å². The van der Waals surface area contributed by atoms with Crippen LogP contribution in [-0.4, -0.2) is 23.4 Å². The molecule has 3 aromatic carbocycles. The molecule has 1 aliphatic rings. The number of halogens is 4. The number of hydrogen-bond donors (Lipinski definition) is 1. The third kappa shape index (κ3) is 3.20. The number of benzene rings is 3. The van der Waals surface area contributed by atoms with E-state index in [0.29, 0.717) is 5.56 Å². The molecule has 0 aromatic heterocycles. The van der Waals surface area contributed by atoms with Crippen molar-refractivity contribution in [1.29, 1.82) is 0 Å². The molecule has 0 spiro atoms. The quantitative estimate of drug-likeness (QED) is 0.574. The summed E-state index contributed by atoms with van der Waals surface area (Å²) in [5.74, 6) is -1.88. The number of aliphatic carboxylic acids is 1. The first-order chi connectivity index (χ1) is 13.2. The lowest BCUT2D eigenvalue weighted by Gasteiger charge is -2.28. The van der Waals surface area contributed by atoms with E-state index < -0.39 is 23.8 Å². The Hall–Kier alpha value is -2.99. The van der Waals surface area contributed by atoms with Crippen LogP contribution < -0.4 is 4.74 Å². The van der Waals surface area contributed by atoms with Crippen LogP contribution in [0.3, 0.4) is 0 Å². The molecule has 142 valence electrons. The maximum atomic E-state index is 13.2. The van der Waals surface area contributed by atoms with Crippen molar-refractivity contribution in [2.45, 2.75) is 12.3 Å². The molecule has 0 amide bonds. The Morgan fingerprint density at radius 1 is 1.00 bits per heavy atom. The van der Waals surface area contributed by atoms with Crippen LogP contribution in [0, 0.1) is 0 Å². The van der Waals surface area contributed by atoms with Crippen LogP contribution in [0.25, 0.3) is 28.0 Å². The largest absolute Gasteiger partial charge is 0.478 e. The molecule has 0 aliphatic carbocycles. The zero-order valence-electron chi connectivity index (χ0n) is 14.1. The molecule has 1 atom stereocenters. The van der Waals surface area contributed by atoms with Crippen molar-refractivity contribution in [3.8, 4) is 16.9 Å². The molecule has 1 heterocycles. The van der Waals surface area contributed by atoms with Gasteiger partial charge in [-0.2, -0.15) is 13.2 Å². The van der Waals surface area contributed by atoms with Crippen LogP contribution in [0.5, 0.6) is 5.75 Å². The van der Waals surface area contributed by atoms with Gasteiger partial charge in [0.25, 0.3) is 0 Å². The summed E-state index contributed by atoms with van der Waals surface area (Å²) in [5, 5.41) is 11.2. The predicted molar refractivity (Wildman–Crippen MR) is 100 cm³/mol. The number of alkyl halides is 3. The van der Waals surface area contributed by atoms with Gasteiger partial charge in [0, 0.05) is 5.56 Å². The highest BCUT2D eigenvalue weighted by molar-refractivity contribution is 6.32. The molecule has 0 bridgehead atoms. The van der Waals surface area contributed by atoms with Crippen LogP contribution in [0.15, 0.2) is 60.2 Å². The smallest absolute Gasteiger partial charge is 0.430 e. The Labute approximate surface area is 162 Å². The lowest BCUT2D eigenvalue weighted by molar-refractivity contribution is -0.187. The summed E-state index contributed by atoms with van der Waals surface area (Å²) in [7, 11) is 0. The maximum absolute atomic E-state index is 13.2. The third-order valence-corrected chi connectivity index (χ3v) is 4.81. The summed E-state index contributed by atoms with van der Waals surface area (Å²) in [6, 6.07) is 16.5. The average molecular weight is 405 g/mol. The van der Waals surface area contributed by atoms with Crippen molar-refractivity contribution >= 4 is 34.4 Å². The summed E-state index contributed by atoms with van der Waals surface area (Å²) >= 11 is 6.19. The highest BCUT2D eigenvalue weighted by atomic mass is 35.5. The van der Waals surface area contributed by atoms with E-state index >= 15 is 0 Å². The highest BCUT2D eigenvalue weighted by Crippen LogP contribution is 2.43. The van der Waals surface area contributed by atoms with E-state index in [0.717, 1.165) is 22.4 Å². The van der Waals surface area contributed by atoms with Crippen molar-refractivity contribution < 1.29 is 27.8 Å². The van der Waals surface area contributed by atoms with Crippen LogP contribution >= 0.6 is 11.6 Å². The van der Waals surface area contributed by atoms with E-state index in [1.165, 1.54) is 6.07 Å². The molecule has 28 heavy (non-hydrogen) atoms.